The SMILES string of the molecule is CC1=C(C(=O)Nc2ccccc2)C(c2c(Cl)cccc2Cl)C(C(=O)Nc2ccccc2)=C(C)N1. The van der Waals surface area contributed by atoms with E-state index in [0.29, 0.717) is 49.5 Å². The van der Waals surface area contributed by atoms with Crippen molar-refractivity contribution in [2.75, 3.05) is 10.6 Å². The molecule has 2 amide bonds. The van der Waals surface area contributed by atoms with Gasteiger partial charge in [0.2, 0.25) is 0 Å². The molecule has 0 saturated carbocycles. The molecule has 5 nitrogen and oxygen atoms in total. The van der Waals surface area contributed by atoms with Crippen molar-refractivity contribution in [3.8, 4) is 0 Å². The average molecular weight is 492 g/mol. The molecule has 3 N–H and O–H groups in total. The molecular weight excluding hydrogens is 469 g/mol. The average Bonchev–Trinajstić information content (AvgIpc) is 2.80. The summed E-state index contributed by atoms with van der Waals surface area (Å²) in [5.74, 6) is -1.49. The highest BCUT2D eigenvalue weighted by atomic mass is 35.5. The number of rotatable bonds is 5. The number of carbonyl (C=O) groups is 2. The Morgan fingerprint density at radius 1 is 0.676 bits per heavy atom. The van der Waals surface area contributed by atoms with Crippen molar-refractivity contribution in [2.24, 2.45) is 0 Å². The van der Waals surface area contributed by atoms with E-state index in [0.717, 1.165) is 0 Å². The van der Waals surface area contributed by atoms with Gasteiger partial charge >= 0.3 is 0 Å². The minimum Gasteiger partial charge on any atom is -0.362 e. The molecule has 172 valence electrons. The van der Waals surface area contributed by atoms with Gasteiger partial charge in [-0.15, -0.1) is 0 Å². The number of allylic oxidation sites excluding steroid dienone is 2. The Morgan fingerprint density at radius 3 is 1.50 bits per heavy atom. The normalized spacial score (nSPS) is 14.0. The maximum absolute atomic E-state index is 13.6. The number of nitrogens with one attached hydrogen (secondary N) is 3. The Balaban J connectivity index is 1.82. The molecule has 0 spiro atoms. The Bertz CT molecular complexity index is 1210. The molecule has 0 fully saturated rings. The predicted molar refractivity (Wildman–Crippen MR) is 138 cm³/mol. The standard InChI is InChI=1S/C27H23Cl2N3O2/c1-16-22(26(33)31-18-10-5-3-6-11-18)25(24-20(28)14-9-15-21(24)29)23(17(2)30-16)27(34)32-19-12-7-4-8-13-19/h3-15,25,30H,1-2H3,(H,31,33)(H,32,34). The van der Waals surface area contributed by atoms with Gasteiger partial charge in [-0.2, -0.15) is 0 Å². The number of hydrogen-bond donors (Lipinski definition) is 3. The number of para-hydroxylation sites is 2. The van der Waals surface area contributed by atoms with Gasteiger partial charge in [-0.25, -0.2) is 0 Å². The highest BCUT2D eigenvalue weighted by molar-refractivity contribution is 6.36. The van der Waals surface area contributed by atoms with Crippen LogP contribution >= 0.6 is 23.2 Å². The van der Waals surface area contributed by atoms with Crippen LogP contribution in [0.25, 0.3) is 0 Å². The highest BCUT2D eigenvalue weighted by Gasteiger charge is 2.38. The van der Waals surface area contributed by atoms with Crippen LogP contribution < -0.4 is 16.0 Å². The second-order valence-electron chi connectivity index (χ2n) is 7.91. The van der Waals surface area contributed by atoms with Crippen LogP contribution in [0, 0.1) is 0 Å². The van der Waals surface area contributed by atoms with Crippen LogP contribution in [-0.2, 0) is 9.59 Å². The number of halogens is 2. The van der Waals surface area contributed by atoms with E-state index in [-0.39, 0.29) is 11.8 Å². The molecule has 1 heterocycles. The lowest BCUT2D eigenvalue weighted by Crippen LogP contribution is -2.35. The molecule has 1 aliphatic heterocycles. The van der Waals surface area contributed by atoms with Crippen LogP contribution in [0.2, 0.25) is 10.0 Å². The molecule has 0 radical (unpaired) electrons. The largest absolute Gasteiger partial charge is 0.362 e. The Morgan fingerprint density at radius 2 is 1.09 bits per heavy atom. The van der Waals surface area contributed by atoms with Gasteiger partial charge in [0.1, 0.15) is 0 Å². The molecule has 0 bridgehead atoms. The second-order valence-corrected chi connectivity index (χ2v) is 8.73. The molecule has 3 aromatic carbocycles. The summed E-state index contributed by atoms with van der Waals surface area (Å²) >= 11 is 13.2. The lowest BCUT2D eigenvalue weighted by molar-refractivity contribution is -0.113. The topological polar surface area (TPSA) is 70.2 Å². The lowest BCUT2D eigenvalue weighted by Gasteiger charge is -2.32. The molecule has 34 heavy (non-hydrogen) atoms. The summed E-state index contributed by atoms with van der Waals surface area (Å²) in [6, 6.07) is 23.4. The van der Waals surface area contributed by atoms with Gasteiger partial charge in [-0.3, -0.25) is 9.59 Å². The number of anilines is 2. The number of hydrogen-bond acceptors (Lipinski definition) is 3. The van der Waals surface area contributed by atoms with Crippen molar-refractivity contribution in [3.63, 3.8) is 0 Å². The Labute approximate surface area is 208 Å². The van der Waals surface area contributed by atoms with Gasteiger partial charge in [-0.1, -0.05) is 65.7 Å². The van der Waals surface area contributed by atoms with Crippen molar-refractivity contribution < 1.29 is 9.59 Å². The van der Waals surface area contributed by atoms with E-state index >= 15 is 0 Å². The number of carbonyl (C=O) groups excluding carboxylic acids is 2. The van der Waals surface area contributed by atoms with E-state index in [9.17, 15) is 9.59 Å². The summed E-state index contributed by atoms with van der Waals surface area (Å²) in [6.07, 6.45) is 0. The maximum Gasteiger partial charge on any atom is 0.254 e. The summed E-state index contributed by atoms with van der Waals surface area (Å²) in [6.45, 7) is 3.60. The monoisotopic (exact) mass is 491 g/mol. The van der Waals surface area contributed by atoms with Crippen molar-refractivity contribution in [2.45, 2.75) is 19.8 Å². The van der Waals surface area contributed by atoms with Gasteiger partial charge in [0.15, 0.2) is 0 Å². The smallest absolute Gasteiger partial charge is 0.254 e. The van der Waals surface area contributed by atoms with Gasteiger partial charge in [0.05, 0.1) is 5.92 Å². The Hall–Kier alpha value is -3.54. The molecule has 0 unspecified atom stereocenters. The van der Waals surface area contributed by atoms with Crippen LogP contribution in [0.3, 0.4) is 0 Å². The Kier molecular flexibility index (Phi) is 7.06. The molecule has 4 rings (SSSR count). The van der Waals surface area contributed by atoms with Crippen molar-refractivity contribution in [1.82, 2.24) is 5.32 Å². The van der Waals surface area contributed by atoms with E-state index in [2.05, 4.69) is 16.0 Å². The molecule has 0 saturated heterocycles. The van der Waals surface area contributed by atoms with E-state index in [1.54, 1.807) is 56.3 Å². The second kappa shape index (κ2) is 10.2. The first kappa shape index (κ1) is 23.6. The summed E-state index contributed by atoms with van der Waals surface area (Å²) in [5.41, 5.74) is 3.73. The zero-order chi connectivity index (χ0) is 24.2. The van der Waals surface area contributed by atoms with Crippen LogP contribution in [-0.4, -0.2) is 11.8 Å². The molecule has 1 aliphatic rings. The minimum atomic E-state index is -0.783. The van der Waals surface area contributed by atoms with Crippen LogP contribution in [0.15, 0.2) is 101 Å². The molecule has 3 aromatic rings. The van der Waals surface area contributed by atoms with Crippen LogP contribution in [0.5, 0.6) is 0 Å². The first-order valence-corrected chi connectivity index (χ1v) is 11.5. The number of amides is 2. The number of dihydropyridines is 1. The molecule has 0 aromatic heterocycles. The summed E-state index contributed by atoms with van der Waals surface area (Å²) in [5, 5.41) is 9.80. The third-order valence-electron chi connectivity index (χ3n) is 5.60. The quantitative estimate of drug-likeness (QED) is 0.381. The van der Waals surface area contributed by atoms with E-state index in [1.807, 2.05) is 36.4 Å². The third-order valence-corrected chi connectivity index (χ3v) is 6.26. The minimum absolute atomic E-state index is 0.352. The van der Waals surface area contributed by atoms with Gasteiger partial charge in [-0.05, 0) is 50.2 Å². The van der Waals surface area contributed by atoms with Crippen molar-refractivity contribution in [1.29, 1.82) is 0 Å². The third kappa shape index (κ3) is 4.86. The fourth-order valence-corrected chi connectivity index (χ4v) is 4.73. The van der Waals surface area contributed by atoms with E-state index in [4.69, 9.17) is 23.2 Å². The first-order chi connectivity index (χ1) is 16.4. The zero-order valence-electron chi connectivity index (χ0n) is 18.7. The van der Waals surface area contributed by atoms with Gasteiger partial charge in [0, 0.05) is 49.5 Å². The van der Waals surface area contributed by atoms with Gasteiger partial charge < -0.3 is 16.0 Å². The highest BCUT2D eigenvalue weighted by Crippen LogP contribution is 2.44. The fraction of sp³-hybridized carbons (Fsp3) is 0.111. The van der Waals surface area contributed by atoms with Crippen molar-refractivity contribution in [3.05, 3.63) is 117 Å². The predicted octanol–water partition coefficient (Wildman–Crippen LogP) is 6.51. The van der Waals surface area contributed by atoms with Gasteiger partial charge in [0.25, 0.3) is 11.8 Å². The van der Waals surface area contributed by atoms with Crippen LogP contribution in [0.4, 0.5) is 11.4 Å². The van der Waals surface area contributed by atoms with Crippen molar-refractivity contribution >= 4 is 46.4 Å². The maximum atomic E-state index is 13.6. The molecule has 0 aliphatic carbocycles. The number of benzene rings is 3. The molecular formula is C27H23Cl2N3O2. The fourth-order valence-electron chi connectivity index (χ4n) is 4.11. The zero-order valence-corrected chi connectivity index (χ0v) is 20.2. The summed E-state index contributed by atoms with van der Waals surface area (Å²) < 4.78 is 0. The first-order valence-electron chi connectivity index (χ1n) is 10.7. The van der Waals surface area contributed by atoms with Crippen LogP contribution in [0.1, 0.15) is 25.3 Å². The van der Waals surface area contributed by atoms with E-state index in [1.165, 1.54) is 0 Å². The lowest BCUT2D eigenvalue weighted by atomic mass is 9.79. The molecule has 0 atom stereocenters. The summed E-state index contributed by atoms with van der Waals surface area (Å²) in [4.78, 5) is 27.1. The summed E-state index contributed by atoms with van der Waals surface area (Å²) in [7, 11) is 0. The van der Waals surface area contributed by atoms with E-state index < -0.39 is 5.92 Å². The molecule has 7 heteroatoms.